The van der Waals surface area contributed by atoms with E-state index in [1.54, 1.807) is 0 Å². The van der Waals surface area contributed by atoms with Gasteiger partial charge in [-0.05, 0) is 74.5 Å². The first-order valence-corrected chi connectivity index (χ1v) is 14.4. The van der Waals surface area contributed by atoms with Crippen molar-refractivity contribution in [2.45, 2.75) is 170 Å². The van der Waals surface area contributed by atoms with Gasteiger partial charge in [-0.25, -0.2) is 0 Å². The summed E-state index contributed by atoms with van der Waals surface area (Å²) in [6, 6.07) is 0. The molecule has 0 radical (unpaired) electrons. The molecule has 0 atom stereocenters. The first kappa shape index (κ1) is 32.9. The predicted molar refractivity (Wildman–Crippen MR) is 148 cm³/mol. The SMILES string of the molecule is C.CC(C)CC1(O)CCCC1.CC(C)CC1(O)CCCCC1.CC(C)CC1CCC(C)CC1. The Morgan fingerprint density at radius 2 is 0.970 bits per heavy atom. The lowest BCUT2D eigenvalue weighted by molar-refractivity contribution is -0.0139. The summed E-state index contributed by atoms with van der Waals surface area (Å²) >= 11 is 0. The lowest BCUT2D eigenvalue weighted by Gasteiger charge is -2.33. The summed E-state index contributed by atoms with van der Waals surface area (Å²) in [5, 5.41) is 19.9. The van der Waals surface area contributed by atoms with E-state index in [1.807, 2.05) is 0 Å². The fourth-order valence-corrected chi connectivity index (χ4v) is 6.40. The minimum Gasteiger partial charge on any atom is -0.390 e. The van der Waals surface area contributed by atoms with Crippen molar-refractivity contribution in [3.8, 4) is 0 Å². The largest absolute Gasteiger partial charge is 0.390 e. The van der Waals surface area contributed by atoms with Gasteiger partial charge in [-0.3, -0.25) is 0 Å². The molecule has 2 nitrogen and oxygen atoms in total. The van der Waals surface area contributed by atoms with Gasteiger partial charge in [-0.1, -0.05) is 114 Å². The van der Waals surface area contributed by atoms with E-state index in [1.165, 1.54) is 64.2 Å². The number of rotatable bonds is 6. The molecule has 0 aromatic carbocycles. The zero-order valence-corrected chi connectivity index (χ0v) is 23.1. The highest BCUT2D eigenvalue weighted by atomic mass is 16.3. The number of hydrogen-bond acceptors (Lipinski definition) is 2. The van der Waals surface area contributed by atoms with Crippen LogP contribution in [0.25, 0.3) is 0 Å². The zero-order valence-electron chi connectivity index (χ0n) is 23.1. The first-order valence-electron chi connectivity index (χ1n) is 14.4. The topological polar surface area (TPSA) is 40.5 Å². The van der Waals surface area contributed by atoms with Crippen molar-refractivity contribution >= 4 is 0 Å². The van der Waals surface area contributed by atoms with Crippen LogP contribution < -0.4 is 0 Å². The molecule has 0 heterocycles. The van der Waals surface area contributed by atoms with E-state index in [2.05, 4.69) is 48.5 Å². The van der Waals surface area contributed by atoms with Gasteiger partial charge in [0, 0.05) is 0 Å². The summed E-state index contributed by atoms with van der Waals surface area (Å²) in [6.45, 7) is 15.8. The third-order valence-corrected chi connectivity index (χ3v) is 7.84. The van der Waals surface area contributed by atoms with Gasteiger partial charge in [0.25, 0.3) is 0 Å². The molecule has 0 unspecified atom stereocenters. The second-order valence-electron chi connectivity index (χ2n) is 13.2. The molecule has 3 rings (SSSR count). The van der Waals surface area contributed by atoms with E-state index in [9.17, 15) is 10.2 Å². The minimum absolute atomic E-state index is 0. The lowest BCUT2D eigenvalue weighted by Crippen LogP contribution is -2.32. The van der Waals surface area contributed by atoms with Crippen molar-refractivity contribution in [1.82, 2.24) is 0 Å². The second-order valence-corrected chi connectivity index (χ2v) is 13.2. The fourth-order valence-electron chi connectivity index (χ4n) is 6.40. The highest BCUT2D eigenvalue weighted by Gasteiger charge is 2.31. The zero-order chi connectivity index (χ0) is 24.2. The monoisotopic (exact) mass is 468 g/mol. The van der Waals surface area contributed by atoms with Crippen LogP contribution in [0, 0.1) is 29.6 Å². The van der Waals surface area contributed by atoms with Crippen molar-refractivity contribution in [2.24, 2.45) is 29.6 Å². The third kappa shape index (κ3) is 15.5. The molecule has 0 aliphatic heterocycles. The molecular weight excluding hydrogens is 404 g/mol. The summed E-state index contributed by atoms with van der Waals surface area (Å²) in [7, 11) is 0. The molecular formula is C31H64O2. The van der Waals surface area contributed by atoms with Crippen LogP contribution in [0.4, 0.5) is 0 Å². The van der Waals surface area contributed by atoms with Crippen LogP contribution in [0.5, 0.6) is 0 Å². The molecule has 2 heteroatoms. The average molecular weight is 469 g/mol. The summed E-state index contributed by atoms with van der Waals surface area (Å²) in [5.74, 6) is 4.26. The van der Waals surface area contributed by atoms with Crippen molar-refractivity contribution in [1.29, 1.82) is 0 Å². The Labute approximate surface area is 209 Å². The summed E-state index contributed by atoms with van der Waals surface area (Å²) < 4.78 is 0. The predicted octanol–water partition coefficient (Wildman–Crippen LogP) is 9.56. The van der Waals surface area contributed by atoms with E-state index >= 15 is 0 Å². The van der Waals surface area contributed by atoms with Crippen LogP contribution in [0.2, 0.25) is 0 Å². The van der Waals surface area contributed by atoms with Crippen LogP contribution in [0.15, 0.2) is 0 Å². The third-order valence-electron chi connectivity index (χ3n) is 7.84. The Kier molecular flexibility index (Phi) is 16.5. The molecule has 2 N–H and O–H groups in total. The van der Waals surface area contributed by atoms with E-state index in [0.29, 0.717) is 11.8 Å². The van der Waals surface area contributed by atoms with Gasteiger partial charge >= 0.3 is 0 Å². The molecule has 0 bridgehead atoms. The molecule has 0 aromatic rings. The van der Waals surface area contributed by atoms with E-state index in [0.717, 1.165) is 56.3 Å². The van der Waals surface area contributed by atoms with E-state index < -0.39 is 0 Å². The van der Waals surface area contributed by atoms with Crippen molar-refractivity contribution in [3.05, 3.63) is 0 Å². The summed E-state index contributed by atoms with van der Waals surface area (Å²) in [4.78, 5) is 0. The molecule has 0 spiro atoms. The second kappa shape index (κ2) is 16.6. The van der Waals surface area contributed by atoms with Crippen LogP contribution in [0.3, 0.4) is 0 Å². The van der Waals surface area contributed by atoms with Gasteiger partial charge in [0.1, 0.15) is 0 Å². The first-order chi connectivity index (χ1) is 14.9. The van der Waals surface area contributed by atoms with Crippen LogP contribution in [-0.2, 0) is 0 Å². The van der Waals surface area contributed by atoms with E-state index in [-0.39, 0.29) is 18.6 Å². The van der Waals surface area contributed by atoms with Gasteiger partial charge < -0.3 is 10.2 Å². The molecule has 33 heavy (non-hydrogen) atoms. The van der Waals surface area contributed by atoms with Gasteiger partial charge in [0.2, 0.25) is 0 Å². The number of hydrogen-bond donors (Lipinski definition) is 2. The molecule has 3 aliphatic rings. The summed E-state index contributed by atoms with van der Waals surface area (Å²) in [6.07, 6.45) is 19.8. The maximum absolute atomic E-state index is 10.0. The molecule has 200 valence electrons. The molecule has 3 fully saturated rings. The number of aliphatic hydroxyl groups is 2. The highest BCUT2D eigenvalue weighted by molar-refractivity contribution is 4.85. The van der Waals surface area contributed by atoms with Gasteiger partial charge in [-0.15, -0.1) is 0 Å². The van der Waals surface area contributed by atoms with Crippen LogP contribution in [0.1, 0.15) is 159 Å². The smallest absolute Gasteiger partial charge is 0.0650 e. The standard InChI is InChI=1S/C11H22.C10H20O.C9H18O.CH4/c1-9(2)8-11-6-4-10(3)5-7-11;1-9(2)8-10(11)6-4-3-5-7-10;1-8(2)7-9(10)5-3-4-6-9;/h9-11H,4-8H2,1-3H3;9,11H,3-8H2,1-2H3;8,10H,3-7H2,1-2H3;1H4. The Morgan fingerprint density at radius 3 is 1.30 bits per heavy atom. The van der Waals surface area contributed by atoms with Crippen molar-refractivity contribution < 1.29 is 10.2 Å². The van der Waals surface area contributed by atoms with Crippen LogP contribution in [-0.4, -0.2) is 21.4 Å². The Bertz CT molecular complexity index is 448. The molecule has 0 amide bonds. The highest BCUT2D eigenvalue weighted by Crippen LogP contribution is 2.35. The lowest BCUT2D eigenvalue weighted by atomic mass is 9.79. The van der Waals surface area contributed by atoms with Crippen molar-refractivity contribution in [2.75, 3.05) is 0 Å². The Balaban J connectivity index is 0.000000459. The fraction of sp³-hybridized carbons (Fsp3) is 1.00. The Morgan fingerprint density at radius 1 is 0.606 bits per heavy atom. The molecule has 3 aliphatic carbocycles. The van der Waals surface area contributed by atoms with Gasteiger partial charge in [0.15, 0.2) is 0 Å². The minimum atomic E-state index is -0.299. The summed E-state index contributed by atoms with van der Waals surface area (Å²) in [5.41, 5.74) is -0.583. The van der Waals surface area contributed by atoms with Crippen LogP contribution >= 0.6 is 0 Å². The maximum atomic E-state index is 10.0. The van der Waals surface area contributed by atoms with Gasteiger partial charge in [0.05, 0.1) is 11.2 Å². The maximum Gasteiger partial charge on any atom is 0.0650 e. The van der Waals surface area contributed by atoms with Gasteiger partial charge in [-0.2, -0.15) is 0 Å². The van der Waals surface area contributed by atoms with E-state index in [4.69, 9.17) is 0 Å². The normalized spacial score (nSPS) is 26.2. The average Bonchev–Trinajstić information content (AvgIpc) is 3.09. The Hall–Kier alpha value is -0.0800. The molecule has 0 saturated heterocycles. The quantitative estimate of drug-likeness (QED) is 0.407. The molecule has 0 aromatic heterocycles. The van der Waals surface area contributed by atoms with Crippen molar-refractivity contribution in [3.63, 3.8) is 0 Å². The molecule has 3 saturated carbocycles.